The van der Waals surface area contributed by atoms with Gasteiger partial charge >= 0.3 is 11.9 Å². The van der Waals surface area contributed by atoms with Crippen LogP contribution in [-0.4, -0.2) is 11.9 Å². The van der Waals surface area contributed by atoms with Crippen molar-refractivity contribution < 1.29 is 14.3 Å². The molecule has 86 valence electrons. The highest BCUT2D eigenvalue weighted by Gasteiger charge is 2.38. The number of hydrogen-bond donors (Lipinski definition) is 0. The quantitative estimate of drug-likeness (QED) is 0.504. The molecule has 3 heteroatoms. The maximum atomic E-state index is 11.7. The largest absolute Gasteiger partial charge is 0.386 e. The molecule has 17 heavy (non-hydrogen) atoms. The first kappa shape index (κ1) is 10.3. The van der Waals surface area contributed by atoms with Gasteiger partial charge in [-0.05, 0) is 48.9 Å². The minimum absolute atomic E-state index is 0.462. The molecular weight excluding hydrogens is 216 g/mol. The van der Waals surface area contributed by atoms with Crippen LogP contribution in [0.4, 0.5) is 0 Å². The topological polar surface area (TPSA) is 43.4 Å². The first-order valence-electron chi connectivity index (χ1n) is 5.68. The van der Waals surface area contributed by atoms with E-state index in [0.29, 0.717) is 17.6 Å². The van der Waals surface area contributed by atoms with Gasteiger partial charge in [-0.2, -0.15) is 0 Å². The Labute approximate surface area is 99.1 Å². The van der Waals surface area contributed by atoms with Crippen LogP contribution >= 0.6 is 0 Å². The number of ether oxygens (including phenoxy) is 1. The summed E-state index contributed by atoms with van der Waals surface area (Å²) < 4.78 is 4.71. The fourth-order valence-electron chi connectivity index (χ4n) is 2.69. The van der Waals surface area contributed by atoms with Crippen molar-refractivity contribution in [2.75, 3.05) is 0 Å². The van der Waals surface area contributed by atoms with Gasteiger partial charge in [0.2, 0.25) is 0 Å². The minimum Gasteiger partial charge on any atom is -0.386 e. The van der Waals surface area contributed by atoms with Gasteiger partial charge in [0, 0.05) is 0 Å². The lowest BCUT2D eigenvalue weighted by Gasteiger charge is -2.19. The van der Waals surface area contributed by atoms with Gasteiger partial charge in [-0.15, -0.1) is 0 Å². The lowest BCUT2D eigenvalue weighted by atomic mass is 9.82. The van der Waals surface area contributed by atoms with E-state index in [1.165, 1.54) is 11.1 Å². The fraction of sp³-hybridized carbons (Fsp3) is 0.286. The standard InChI is InChI=1S/C14H12O3/c1-7-3-4-8(2)11-9(7)5-6-10-12(11)14(16)17-13(10)15/h3-4H,5-6H2,1-2H3. The number of aryl methyl sites for hydroxylation is 2. The molecule has 0 saturated carbocycles. The zero-order valence-corrected chi connectivity index (χ0v) is 9.79. The van der Waals surface area contributed by atoms with Crippen molar-refractivity contribution in [2.45, 2.75) is 26.7 Å². The summed E-state index contributed by atoms with van der Waals surface area (Å²) in [7, 11) is 0. The Hall–Kier alpha value is -1.90. The molecule has 0 N–H and O–H groups in total. The van der Waals surface area contributed by atoms with Gasteiger partial charge in [-0.25, -0.2) is 9.59 Å². The first-order valence-corrected chi connectivity index (χ1v) is 5.68. The number of cyclic esters (lactones) is 2. The van der Waals surface area contributed by atoms with Crippen molar-refractivity contribution in [1.29, 1.82) is 0 Å². The monoisotopic (exact) mass is 228 g/mol. The van der Waals surface area contributed by atoms with Crippen LogP contribution < -0.4 is 0 Å². The number of rotatable bonds is 0. The Morgan fingerprint density at radius 3 is 2.47 bits per heavy atom. The number of esters is 2. The van der Waals surface area contributed by atoms with Crippen molar-refractivity contribution >= 4 is 17.5 Å². The van der Waals surface area contributed by atoms with E-state index in [2.05, 4.69) is 6.07 Å². The van der Waals surface area contributed by atoms with E-state index in [1.54, 1.807) is 0 Å². The van der Waals surface area contributed by atoms with Crippen LogP contribution in [-0.2, 0) is 20.7 Å². The second-order valence-corrected chi connectivity index (χ2v) is 4.58. The molecule has 0 radical (unpaired) electrons. The third-order valence-electron chi connectivity index (χ3n) is 3.57. The predicted octanol–water partition coefficient (Wildman–Crippen LogP) is 2.09. The molecule has 0 aromatic heterocycles. The van der Waals surface area contributed by atoms with Crippen molar-refractivity contribution in [3.8, 4) is 0 Å². The van der Waals surface area contributed by atoms with Crippen molar-refractivity contribution in [3.05, 3.63) is 40.0 Å². The molecule has 0 unspecified atom stereocenters. The minimum atomic E-state index is -0.486. The molecule has 2 aliphatic rings. The van der Waals surface area contributed by atoms with Gasteiger partial charge in [-0.3, -0.25) is 0 Å². The SMILES string of the molecule is Cc1ccc(C)c2c1CCC1=C2C(=O)OC1=O. The molecule has 1 heterocycles. The number of carbonyl (C=O) groups excluding carboxylic acids is 2. The van der Waals surface area contributed by atoms with Crippen molar-refractivity contribution in [1.82, 2.24) is 0 Å². The summed E-state index contributed by atoms with van der Waals surface area (Å²) in [4.78, 5) is 23.3. The van der Waals surface area contributed by atoms with E-state index in [1.807, 2.05) is 19.9 Å². The van der Waals surface area contributed by atoms with Gasteiger partial charge in [0.05, 0.1) is 11.1 Å². The number of carbonyl (C=O) groups is 2. The average Bonchev–Trinajstić information content (AvgIpc) is 2.60. The molecule has 1 aromatic carbocycles. The first-order chi connectivity index (χ1) is 8.09. The van der Waals surface area contributed by atoms with Gasteiger partial charge in [0.25, 0.3) is 0 Å². The second kappa shape index (κ2) is 3.29. The van der Waals surface area contributed by atoms with Gasteiger partial charge in [-0.1, -0.05) is 12.1 Å². The van der Waals surface area contributed by atoms with E-state index in [9.17, 15) is 9.59 Å². The van der Waals surface area contributed by atoms with Crippen LogP contribution in [0, 0.1) is 13.8 Å². The molecule has 1 aliphatic carbocycles. The third-order valence-corrected chi connectivity index (χ3v) is 3.57. The molecule has 0 fully saturated rings. The van der Waals surface area contributed by atoms with Crippen LogP contribution in [0.1, 0.15) is 28.7 Å². The zero-order valence-electron chi connectivity index (χ0n) is 9.79. The maximum Gasteiger partial charge on any atom is 0.347 e. The fourth-order valence-corrected chi connectivity index (χ4v) is 2.69. The molecular formula is C14H12O3. The molecule has 0 atom stereocenters. The van der Waals surface area contributed by atoms with Crippen LogP contribution in [0.2, 0.25) is 0 Å². The summed E-state index contributed by atoms with van der Waals surface area (Å²) in [6.45, 7) is 4.00. The van der Waals surface area contributed by atoms with E-state index < -0.39 is 11.9 Å². The molecule has 0 amide bonds. The van der Waals surface area contributed by atoms with Crippen molar-refractivity contribution in [3.63, 3.8) is 0 Å². The van der Waals surface area contributed by atoms with E-state index in [-0.39, 0.29) is 0 Å². The maximum absolute atomic E-state index is 11.7. The normalized spacial score (nSPS) is 18.0. The lowest BCUT2D eigenvalue weighted by Crippen LogP contribution is -2.10. The highest BCUT2D eigenvalue weighted by atomic mass is 16.6. The predicted molar refractivity (Wildman–Crippen MR) is 62.3 cm³/mol. The van der Waals surface area contributed by atoms with Crippen LogP contribution in [0.3, 0.4) is 0 Å². The number of benzene rings is 1. The number of hydrogen-bond acceptors (Lipinski definition) is 3. The Balaban J connectivity index is 2.34. The van der Waals surface area contributed by atoms with E-state index >= 15 is 0 Å². The van der Waals surface area contributed by atoms with E-state index in [4.69, 9.17) is 4.74 Å². The molecule has 0 saturated heterocycles. The Bertz CT molecular complexity index is 594. The Morgan fingerprint density at radius 2 is 1.71 bits per heavy atom. The summed E-state index contributed by atoms with van der Waals surface area (Å²) in [5, 5.41) is 0. The molecule has 3 rings (SSSR count). The summed E-state index contributed by atoms with van der Waals surface area (Å²) in [5.74, 6) is -0.948. The zero-order chi connectivity index (χ0) is 12.2. The summed E-state index contributed by atoms with van der Waals surface area (Å²) >= 11 is 0. The smallest absolute Gasteiger partial charge is 0.347 e. The van der Waals surface area contributed by atoms with Gasteiger partial charge in [0.1, 0.15) is 0 Å². The summed E-state index contributed by atoms with van der Waals surface area (Å²) in [6, 6.07) is 4.04. The summed E-state index contributed by atoms with van der Waals surface area (Å²) in [5.41, 5.74) is 5.35. The number of fused-ring (bicyclic) bond motifs is 2. The summed E-state index contributed by atoms with van der Waals surface area (Å²) in [6.07, 6.45) is 1.42. The van der Waals surface area contributed by atoms with E-state index in [0.717, 1.165) is 17.5 Å². The molecule has 1 aliphatic heterocycles. The van der Waals surface area contributed by atoms with Crippen LogP contribution in [0.25, 0.3) is 5.57 Å². The molecule has 1 aromatic rings. The lowest BCUT2D eigenvalue weighted by molar-refractivity contribution is -0.150. The Kier molecular flexibility index (Phi) is 1.99. The van der Waals surface area contributed by atoms with Crippen LogP contribution in [0.15, 0.2) is 17.7 Å². The molecule has 3 nitrogen and oxygen atoms in total. The van der Waals surface area contributed by atoms with Gasteiger partial charge < -0.3 is 4.74 Å². The molecule has 0 spiro atoms. The molecule has 0 bridgehead atoms. The Morgan fingerprint density at radius 1 is 1.00 bits per heavy atom. The second-order valence-electron chi connectivity index (χ2n) is 4.58. The average molecular weight is 228 g/mol. The van der Waals surface area contributed by atoms with Crippen molar-refractivity contribution in [2.24, 2.45) is 0 Å². The highest BCUT2D eigenvalue weighted by molar-refractivity contribution is 6.31. The third kappa shape index (κ3) is 1.28. The van der Waals surface area contributed by atoms with Crippen LogP contribution in [0.5, 0.6) is 0 Å². The van der Waals surface area contributed by atoms with Gasteiger partial charge in [0.15, 0.2) is 0 Å². The highest BCUT2D eigenvalue weighted by Crippen LogP contribution is 2.39.